The summed E-state index contributed by atoms with van der Waals surface area (Å²) >= 11 is 0. The van der Waals surface area contributed by atoms with Gasteiger partial charge in [0.15, 0.2) is 0 Å². The van der Waals surface area contributed by atoms with Gasteiger partial charge in [0.05, 0.1) is 19.9 Å². The fourth-order valence-corrected chi connectivity index (χ4v) is 2.49. The van der Waals surface area contributed by atoms with E-state index in [1.807, 2.05) is 0 Å². The van der Waals surface area contributed by atoms with Crippen LogP contribution in [-0.2, 0) is 6.18 Å². The molecule has 0 amide bonds. The molecule has 0 aliphatic carbocycles. The standard InChI is InChI=1S/C19H19F3N6O2/c1-10-7-23-15(29-3)5-13(10)26-17-12(19(20,21)22)9-25-18(28-17)27-14-6-16(30-4)24-8-11(14)2/h5-9H,1-4H3,(H2,23,24,25,26,27,28). The van der Waals surface area contributed by atoms with Gasteiger partial charge in [0.25, 0.3) is 0 Å². The first-order valence-corrected chi connectivity index (χ1v) is 8.71. The van der Waals surface area contributed by atoms with Crippen LogP contribution in [0.25, 0.3) is 0 Å². The van der Waals surface area contributed by atoms with Crippen LogP contribution in [0.5, 0.6) is 11.8 Å². The molecule has 3 rings (SSSR count). The molecular formula is C19H19F3N6O2. The molecular weight excluding hydrogens is 401 g/mol. The third kappa shape index (κ3) is 4.67. The van der Waals surface area contributed by atoms with Crippen LogP contribution in [0.2, 0.25) is 0 Å². The van der Waals surface area contributed by atoms with Crippen molar-refractivity contribution in [2.24, 2.45) is 0 Å². The Labute approximate surface area is 170 Å². The van der Waals surface area contributed by atoms with Gasteiger partial charge in [0, 0.05) is 36.4 Å². The van der Waals surface area contributed by atoms with E-state index >= 15 is 0 Å². The summed E-state index contributed by atoms with van der Waals surface area (Å²) in [5.74, 6) is 0.159. The molecule has 0 aliphatic heterocycles. The van der Waals surface area contributed by atoms with E-state index < -0.39 is 17.6 Å². The Bertz CT molecular complexity index is 1060. The molecule has 0 aliphatic rings. The molecule has 0 aromatic carbocycles. The van der Waals surface area contributed by atoms with Gasteiger partial charge in [-0.1, -0.05) is 0 Å². The highest BCUT2D eigenvalue weighted by Gasteiger charge is 2.35. The lowest BCUT2D eigenvalue weighted by molar-refractivity contribution is -0.137. The summed E-state index contributed by atoms with van der Waals surface area (Å²) in [7, 11) is 2.88. The number of aryl methyl sites for hydroxylation is 2. The van der Waals surface area contributed by atoms with Gasteiger partial charge in [-0.05, 0) is 25.0 Å². The highest BCUT2D eigenvalue weighted by Crippen LogP contribution is 2.36. The zero-order valence-electron chi connectivity index (χ0n) is 16.6. The topological polar surface area (TPSA) is 94.1 Å². The highest BCUT2D eigenvalue weighted by atomic mass is 19.4. The molecule has 0 unspecified atom stereocenters. The summed E-state index contributed by atoms with van der Waals surface area (Å²) in [5, 5.41) is 5.62. The van der Waals surface area contributed by atoms with Crippen molar-refractivity contribution in [3.05, 3.63) is 47.4 Å². The number of methoxy groups -OCH3 is 2. The third-order valence-electron chi connectivity index (χ3n) is 4.17. The molecule has 0 spiro atoms. The average Bonchev–Trinajstić information content (AvgIpc) is 2.70. The molecule has 11 heteroatoms. The van der Waals surface area contributed by atoms with Crippen molar-refractivity contribution in [1.29, 1.82) is 0 Å². The van der Waals surface area contributed by atoms with Crippen LogP contribution in [0.1, 0.15) is 16.7 Å². The largest absolute Gasteiger partial charge is 0.481 e. The number of aromatic nitrogens is 4. The summed E-state index contributed by atoms with van der Waals surface area (Å²) in [6.45, 7) is 3.49. The van der Waals surface area contributed by atoms with E-state index in [0.29, 0.717) is 22.8 Å². The minimum atomic E-state index is -4.65. The van der Waals surface area contributed by atoms with E-state index in [2.05, 4.69) is 30.6 Å². The van der Waals surface area contributed by atoms with Crippen molar-refractivity contribution in [1.82, 2.24) is 19.9 Å². The average molecular weight is 420 g/mol. The third-order valence-corrected chi connectivity index (χ3v) is 4.17. The first-order chi connectivity index (χ1) is 14.2. The molecule has 158 valence electrons. The van der Waals surface area contributed by atoms with Gasteiger partial charge in [-0.25, -0.2) is 15.0 Å². The van der Waals surface area contributed by atoms with E-state index in [-0.39, 0.29) is 11.8 Å². The molecule has 0 fully saturated rings. The Balaban J connectivity index is 2.01. The smallest absolute Gasteiger partial charge is 0.421 e. The summed E-state index contributed by atoms with van der Waals surface area (Å²) in [4.78, 5) is 15.9. The van der Waals surface area contributed by atoms with Crippen LogP contribution >= 0.6 is 0 Å². The van der Waals surface area contributed by atoms with Crippen LogP contribution in [-0.4, -0.2) is 34.2 Å². The molecule has 30 heavy (non-hydrogen) atoms. The molecule has 0 bridgehead atoms. The Morgan fingerprint density at radius 3 is 1.83 bits per heavy atom. The maximum absolute atomic E-state index is 13.5. The number of hydrogen-bond acceptors (Lipinski definition) is 8. The molecule has 3 heterocycles. The van der Waals surface area contributed by atoms with Gasteiger partial charge < -0.3 is 20.1 Å². The van der Waals surface area contributed by atoms with Gasteiger partial charge in [-0.3, -0.25) is 0 Å². The fraction of sp³-hybridized carbons (Fsp3) is 0.263. The Kier molecular flexibility index (Phi) is 5.90. The van der Waals surface area contributed by atoms with Gasteiger partial charge in [-0.2, -0.15) is 18.2 Å². The minimum Gasteiger partial charge on any atom is -0.481 e. The second-order valence-corrected chi connectivity index (χ2v) is 6.29. The maximum atomic E-state index is 13.5. The second kappa shape index (κ2) is 8.39. The van der Waals surface area contributed by atoms with Crippen molar-refractivity contribution in [3.63, 3.8) is 0 Å². The lowest BCUT2D eigenvalue weighted by Gasteiger charge is -2.16. The predicted octanol–water partition coefficient (Wildman–Crippen LogP) is 4.41. The van der Waals surface area contributed by atoms with Crippen LogP contribution in [0.4, 0.5) is 36.3 Å². The number of pyridine rings is 2. The summed E-state index contributed by atoms with van der Waals surface area (Å²) in [6.07, 6.45) is -0.876. The number of rotatable bonds is 6. The van der Waals surface area contributed by atoms with Gasteiger partial charge >= 0.3 is 6.18 Å². The lowest BCUT2D eigenvalue weighted by Crippen LogP contribution is -2.13. The molecule has 0 saturated carbocycles. The second-order valence-electron chi connectivity index (χ2n) is 6.29. The van der Waals surface area contributed by atoms with Crippen LogP contribution < -0.4 is 20.1 Å². The Morgan fingerprint density at radius 2 is 1.33 bits per heavy atom. The number of alkyl halides is 3. The van der Waals surface area contributed by atoms with Crippen LogP contribution in [0.3, 0.4) is 0 Å². The molecule has 3 aromatic heterocycles. The zero-order valence-corrected chi connectivity index (χ0v) is 16.6. The number of halogens is 3. The van der Waals surface area contributed by atoms with Crippen LogP contribution in [0, 0.1) is 13.8 Å². The Hall–Kier alpha value is -3.63. The lowest BCUT2D eigenvalue weighted by atomic mass is 10.2. The minimum absolute atomic E-state index is 0.0273. The van der Waals surface area contributed by atoms with E-state index in [9.17, 15) is 13.2 Å². The fourth-order valence-electron chi connectivity index (χ4n) is 2.49. The van der Waals surface area contributed by atoms with E-state index in [0.717, 1.165) is 11.8 Å². The Morgan fingerprint density at radius 1 is 0.800 bits per heavy atom. The zero-order chi connectivity index (χ0) is 21.9. The van der Waals surface area contributed by atoms with Crippen molar-refractivity contribution in [2.45, 2.75) is 20.0 Å². The molecule has 0 radical (unpaired) electrons. The van der Waals surface area contributed by atoms with Gasteiger partial charge in [0.2, 0.25) is 17.7 Å². The van der Waals surface area contributed by atoms with E-state index in [1.165, 1.54) is 26.5 Å². The molecule has 2 N–H and O–H groups in total. The predicted molar refractivity (Wildman–Crippen MR) is 105 cm³/mol. The normalized spacial score (nSPS) is 11.2. The van der Waals surface area contributed by atoms with Crippen molar-refractivity contribution in [2.75, 3.05) is 24.9 Å². The SMILES string of the molecule is COc1cc(Nc2ncc(C(F)(F)F)c(Nc3cc(OC)ncc3C)n2)c(C)cn1. The van der Waals surface area contributed by atoms with E-state index in [1.54, 1.807) is 26.1 Å². The van der Waals surface area contributed by atoms with Crippen molar-refractivity contribution < 1.29 is 22.6 Å². The van der Waals surface area contributed by atoms with Gasteiger partial charge in [0.1, 0.15) is 11.4 Å². The molecule has 8 nitrogen and oxygen atoms in total. The quantitative estimate of drug-likeness (QED) is 0.606. The van der Waals surface area contributed by atoms with Crippen molar-refractivity contribution >= 4 is 23.1 Å². The van der Waals surface area contributed by atoms with E-state index in [4.69, 9.17) is 9.47 Å². The number of ether oxygens (including phenoxy) is 2. The number of nitrogens with zero attached hydrogens (tertiary/aromatic N) is 4. The number of hydrogen-bond donors (Lipinski definition) is 2. The molecule has 3 aromatic rings. The maximum Gasteiger partial charge on any atom is 0.421 e. The summed E-state index contributed by atoms with van der Waals surface area (Å²) in [6, 6.07) is 3.09. The molecule has 0 atom stereocenters. The summed E-state index contributed by atoms with van der Waals surface area (Å²) in [5.41, 5.74) is 1.27. The van der Waals surface area contributed by atoms with Crippen molar-refractivity contribution in [3.8, 4) is 11.8 Å². The first kappa shape index (κ1) is 21.1. The van der Waals surface area contributed by atoms with Gasteiger partial charge in [-0.15, -0.1) is 0 Å². The monoisotopic (exact) mass is 420 g/mol. The summed E-state index contributed by atoms with van der Waals surface area (Å²) < 4.78 is 50.7. The highest BCUT2D eigenvalue weighted by molar-refractivity contribution is 5.66. The number of anilines is 4. The van der Waals surface area contributed by atoms with Crippen LogP contribution in [0.15, 0.2) is 30.7 Å². The first-order valence-electron chi connectivity index (χ1n) is 8.71. The molecule has 0 saturated heterocycles. The number of nitrogens with one attached hydrogen (secondary N) is 2.